The molecule has 0 aliphatic carbocycles. The summed E-state index contributed by atoms with van der Waals surface area (Å²) in [6.07, 6.45) is 2.12. The van der Waals surface area contributed by atoms with Crippen molar-refractivity contribution in [2.24, 2.45) is 0 Å². The first-order valence-electron chi connectivity index (χ1n) is 8.41. The molecule has 0 fully saturated rings. The molecule has 136 valence electrons. The van der Waals surface area contributed by atoms with Crippen molar-refractivity contribution in [3.63, 3.8) is 0 Å². The number of halogens is 2. The van der Waals surface area contributed by atoms with E-state index in [0.717, 1.165) is 22.9 Å². The number of carbonyl (C=O) groups excluding carboxylic acids is 1. The molecule has 0 saturated heterocycles. The molecule has 0 unspecified atom stereocenters. The largest absolute Gasteiger partial charge is 0.427 e. The molecular formula is C21H21F2NO2. The summed E-state index contributed by atoms with van der Waals surface area (Å²) >= 11 is 0. The van der Waals surface area contributed by atoms with Crippen molar-refractivity contribution in [2.75, 3.05) is 4.90 Å². The molecular weight excluding hydrogens is 336 g/mol. The van der Waals surface area contributed by atoms with Crippen molar-refractivity contribution in [3.05, 3.63) is 65.2 Å². The second-order valence-electron chi connectivity index (χ2n) is 7.09. The van der Waals surface area contributed by atoms with Gasteiger partial charge in [-0.1, -0.05) is 12.1 Å². The number of hydrogen-bond acceptors (Lipinski definition) is 3. The molecule has 0 aromatic heterocycles. The zero-order valence-corrected chi connectivity index (χ0v) is 15.3. The van der Waals surface area contributed by atoms with E-state index in [1.54, 1.807) is 12.1 Å². The van der Waals surface area contributed by atoms with E-state index in [4.69, 9.17) is 4.74 Å². The normalized spacial score (nSPS) is 15.3. The third kappa shape index (κ3) is 3.47. The lowest BCUT2D eigenvalue weighted by atomic mass is 9.88. The predicted octanol–water partition coefficient (Wildman–Crippen LogP) is 5.09. The molecule has 3 nitrogen and oxygen atoms in total. The summed E-state index contributed by atoms with van der Waals surface area (Å²) in [6, 6.07) is 9.43. The van der Waals surface area contributed by atoms with Crippen molar-refractivity contribution < 1.29 is 18.3 Å². The SMILES string of the molecule is CC(=O)Oc1ccc2c(c1)C(C)=CC(C)(C)N2Cc1ccc(F)c(F)c1. The quantitative estimate of drug-likeness (QED) is 0.566. The van der Waals surface area contributed by atoms with Gasteiger partial charge in [-0.2, -0.15) is 0 Å². The second kappa shape index (κ2) is 6.56. The summed E-state index contributed by atoms with van der Waals surface area (Å²) in [4.78, 5) is 13.3. The van der Waals surface area contributed by atoms with E-state index in [2.05, 4.69) is 24.8 Å². The van der Waals surface area contributed by atoms with Crippen LogP contribution in [0.25, 0.3) is 5.57 Å². The lowest BCUT2D eigenvalue weighted by molar-refractivity contribution is -0.131. The maximum absolute atomic E-state index is 13.6. The Morgan fingerprint density at radius 3 is 2.50 bits per heavy atom. The number of allylic oxidation sites excluding steroid dienone is 1. The van der Waals surface area contributed by atoms with E-state index in [1.807, 2.05) is 19.1 Å². The Kier molecular flexibility index (Phi) is 4.57. The fraction of sp³-hybridized carbons (Fsp3) is 0.286. The lowest BCUT2D eigenvalue weighted by Gasteiger charge is -2.43. The van der Waals surface area contributed by atoms with Crippen LogP contribution in [0.5, 0.6) is 5.75 Å². The summed E-state index contributed by atoms with van der Waals surface area (Å²) in [5, 5.41) is 0. The van der Waals surface area contributed by atoms with Gasteiger partial charge in [-0.15, -0.1) is 0 Å². The molecule has 0 radical (unpaired) electrons. The number of carbonyl (C=O) groups is 1. The molecule has 0 atom stereocenters. The van der Waals surface area contributed by atoms with E-state index < -0.39 is 11.6 Å². The summed E-state index contributed by atoms with van der Waals surface area (Å²) in [5.74, 6) is -1.60. The fourth-order valence-corrected chi connectivity index (χ4v) is 3.40. The van der Waals surface area contributed by atoms with Gasteiger partial charge >= 0.3 is 5.97 Å². The fourth-order valence-electron chi connectivity index (χ4n) is 3.40. The number of rotatable bonds is 3. The summed E-state index contributed by atoms with van der Waals surface area (Å²) < 4.78 is 32.0. The smallest absolute Gasteiger partial charge is 0.308 e. The van der Waals surface area contributed by atoms with Crippen LogP contribution in [0.4, 0.5) is 14.5 Å². The molecule has 0 spiro atoms. The number of ether oxygens (including phenoxy) is 1. The van der Waals surface area contributed by atoms with Crippen molar-refractivity contribution in [1.82, 2.24) is 0 Å². The Morgan fingerprint density at radius 2 is 1.85 bits per heavy atom. The molecule has 3 rings (SSSR count). The molecule has 5 heteroatoms. The number of benzene rings is 2. The van der Waals surface area contributed by atoms with Gasteiger partial charge in [0.15, 0.2) is 11.6 Å². The maximum Gasteiger partial charge on any atom is 0.308 e. The maximum atomic E-state index is 13.6. The van der Waals surface area contributed by atoms with Crippen LogP contribution in [-0.4, -0.2) is 11.5 Å². The van der Waals surface area contributed by atoms with Gasteiger partial charge in [0, 0.05) is 24.7 Å². The number of fused-ring (bicyclic) bond motifs is 1. The monoisotopic (exact) mass is 357 g/mol. The third-order valence-corrected chi connectivity index (χ3v) is 4.54. The van der Waals surface area contributed by atoms with Gasteiger partial charge in [0.1, 0.15) is 5.75 Å². The van der Waals surface area contributed by atoms with E-state index in [9.17, 15) is 13.6 Å². The summed E-state index contributed by atoms with van der Waals surface area (Å²) in [5.41, 5.74) is 3.34. The summed E-state index contributed by atoms with van der Waals surface area (Å²) in [6.45, 7) is 7.93. The minimum Gasteiger partial charge on any atom is -0.427 e. The van der Waals surface area contributed by atoms with E-state index in [0.29, 0.717) is 17.9 Å². The summed E-state index contributed by atoms with van der Waals surface area (Å²) in [7, 11) is 0. The highest BCUT2D eigenvalue weighted by molar-refractivity contribution is 5.82. The molecule has 0 N–H and O–H groups in total. The van der Waals surface area contributed by atoms with Crippen LogP contribution < -0.4 is 9.64 Å². The highest BCUT2D eigenvalue weighted by Crippen LogP contribution is 2.41. The lowest BCUT2D eigenvalue weighted by Crippen LogP contribution is -2.44. The second-order valence-corrected chi connectivity index (χ2v) is 7.09. The minimum absolute atomic E-state index is 0.315. The average Bonchev–Trinajstić information content (AvgIpc) is 2.54. The standard InChI is InChI=1S/C21H21F2NO2/c1-13-11-21(3,4)24(12-15-5-7-18(22)19(23)9-15)20-8-6-16(10-17(13)20)26-14(2)25/h5-11H,12H2,1-4H3. The van der Waals surface area contributed by atoms with Gasteiger partial charge in [0.25, 0.3) is 0 Å². The van der Waals surface area contributed by atoms with Gasteiger partial charge < -0.3 is 9.64 Å². The van der Waals surface area contributed by atoms with Crippen LogP contribution >= 0.6 is 0 Å². The van der Waals surface area contributed by atoms with Gasteiger partial charge in [-0.05, 0) is 62.2 Å². The van der Waals surface area contributed by atoms with Crippen LogP contribution in [0.1, 0.15) is 38.8 Å². The Balaban J connectivity index is 2.02. The zero-order chi connectivity index (χ0) is 19.1. The van der Waals surface area contributed by atoms with Crippen LogP contribution in [0.3, 0.4) is 0 Å². The molecule has 0 saturated carbocycles. The number of anilines is 1. The number of hydrogen-bond donors (Lipinski definition) is 0. The molecule has 2 aromatic rings. The molecule has 1 heterocycles. The Bertz CT molecular complexity index is 903. The molecule has 2 aromatic carbocycles. The van der Waals surface area contributed by atoms with Gasteiger partial charge in [-0.3, -0.25) is 4.79 Å². The zero-order valence-electron chi connectivity index (χ0n) is 15.3. The van der Waals surface area contributed by atoms with Crippen LogP contribution in [-0.2, 0) is 11.3 Å². The number of nitrogens with zero attached hydrogens (tertiary/aromatic N) is 1. The first kappa shape index (κ1) is 18.1. The van der Waals surface area contributed by atoms with E-state index >= 15 is 0 Å². The molecule has 1 aliphatic rings. The van der Waals surface area contributed by atoms with Crippen molar-refractivity contribution in [3.8, 4) is 5.75 Å². The minimum atomic E-state index is -0.853. The van der Waals surface area contributed by atoms with Crippen molar-refractivity contribution >= 4 is 17.2 Å². The van der Waals surface area contributed by atoms with Crippen LogP contribution in [0.15, 0.2) is 42.5 Å². The van der Waals surface area contributed by atoms with Gasteiger partial charge in [0.2, 0.25) is 0 Å². The van der Waals surface area contributed by atoms with Crippen molar-refractivity contribution in [2.45, 2.75) is 39.8 Å². The Hall–Kier alpha value is -2.69. The molecule has 0 bridgehead atoms. The van der Waals surface area contributed by atoms with Crippen LogP contribution in [0.2, 0.25) is 0 Å². The number of esters is 1. The first-order chi connectivity index (χ1) is 12.2. The topological polar surface area (TPSA) is 29.5 Å². The Morgan fingerprint density at radius 1 is 1.12 bits per heavy atom. The first-order valence-corrected chi connectivity index (χ1v) is 8.41. The Labute approximate surface area is 151 Å². The highest BCUT2D eigenvalue weighted by atomic mass is 19.2. The average molecular weight is 357 g/mol. The third-order valence-electron chi connectivity index (χ3n) is 4.54. The predicted molar refractivity (Wildman–Crippen MR) is 98.0 cm³/mol. The van der Waals surface area contributed by atoms with Gasteiger partial charge in [-0.25, -0.2) is 8.78 Å². The highest BCUT2D eigenvalue weighted by Gasteiger charge is 2.31. The molecule has 1 aliphatic heterocycles. The van der Waals surface area contributed by atoms with Gasteiger partial charge in [0.05, 0.1) is 5.54 Å². The molecule has 0 amide bonds. The van der Waals surface area contributed by atoms with Crippen molar-refractivity contribution in [1.29, 1.82) is 0 Å². The van der Waals surface area contributed by atoms with E-state index in [-0.39, 0.29) is 11.5 Å². The van der Waals surface area contributed by atoms with E-state index in [1.165, 1.54) is 13.0 Å². The molecule has 26 heavy (non-hydrogen) atoms. The van der Waals surface area contributed by atoms with Crippen LogP contribution in [0, 0.1) is 11.6 Å².